The topological polar surface area (TPSA) is 102 Å². The number of esters is 1. The number of ether oxygens (including phenoxy) is 3. The molecule has 3 aromatic heterocycles. The highest BCUT2D eigenvalue weighted by atomic mass is 16.5. The predicted molar refractivity (Wildman–Crippen MR) is 148 cm³/mol. The summed E-state index contributed by atoms with van der Waals surface area (Å²) in [5.74, 6) is 1.79. The fourth-order valence-corrected chi connectivity index (χ4v) is 4.05. The molecule has 9 heteroatoms. The molecule has 5 aromatic rings. The molecule has 40 heavy (non-hydrogen) atoms. The van der Waals surface area contributed by atoms with E-state index in [2.05, 4.69) is 15.1 Å². The minimum Gasteiger partial charge on any atom is -0.471 e. The first-order valence-electron chi connectivity index (χ1n) is 13.1. The van der Waals surface area contributed by atoms with Gasteiger partial charge in [0.25, 0.3) is 0 Å². The number of hydrogen-bond donors (Lipinski definition) is 0. The molecule has 0 aliphatic heterocycles. The number of pyridine rings is 1. The van der Waals surface area contributed by atoms with Crippen molar-refractivity contribution in [3.05, 3.63) is 113 Å². The third-order valence-electron chi connectivity index (χ3n) is 6.07. The maximum absolute atomic E-state index is 12.2. The van der Waals surface area contributed by atoms with Gasteiger partial charge in [0.15, 0.2) is 0 Å². The summed E-state index contributed by atoms with van der Waals surface area (Å²) < 4.78 is 24.5. The van der Waals surface area contributed by atoms with Gasteiger partial charge < -0.3 is 18.6 Å². The van der Waals surface area contributed by atoms with Gasteiger partial charge in [0.1, 0.15) is 24.7 Å². The van der Waals surface area contributed by atoms with Crippen LogP contribution in [-0.4, -0.2) is 32.3 Å². The zero-order valence-corrected chi connectivity index (χ0v) is 22.4. The lowest BCUT2D eigenvalue weighted by atomic mass is 10.2. The van der Waals surface area contributed by atoms with Gasteiger partial charge in [-0.3, -0.25) is 9.48 Å². The van der Waals surface area contributed by atoms with E-state index in [0.29, 0.717) is 47.8 Å². The van der Waals surface area contributed by atoms with Gasteiger partial charge in [0.2, 0.25) is 17.7 Å². The molecule has 0 atom stereocenters. The first-order valence-corrected chi connectivity index (χ1v) is 13.1. The Kier molecular flexibility index (Phi) is 8.50. The zero-order valence-electron chi connectivity index (χ0n) is 22.4. The van der Waals surface area contributed by atoms with Crippen molar-refractivity contribution in [3.63, 3.8) is 0 Å². The quantitative estimate of drug-likeness (QED) is 0.191. The molecule has 0 fully saturated rings. The molecular weight excluding hydrogens is 508 g/mol. The first-order chi connectivity index (χ1) is 19.6. The largest absolute Gasteiger partial charge is 0.471 e. The van der Waals surface area contributed by atoms with Gasteiger partial charge in [0.05, 0.1) is 19.6 Å². The molecule has 0 saturated heterocycles. The molecule has 0 bridgehead atoms. The van der Waals surface area contributed by atoms with Crippen molar-refractivity contribution in [2.45, 2.75) is 40.0 Å². The van der Waals surface area contributed by atoms with Gasteiger partial charge in [-0.2, -0.15) is 0 Å². The Morgan fingerprint density at radius 3 is 2.42 bits per heavy atom. The average molecular weight is 539 g/mol. The molecule has 0 spiro atoms. The molecule has 204 valence electrons. The van der Waals surface area contributed by atoms with Crippen LogP contribution >= 0.6 is 0 Å². The van der Waals surface area contributed by atoms with Crippen LogP contribution in [0.2, 0.25) is 0 Å². The van der Waals surface area contributed by atoms with E-state index in [9.17, 15) is 4.79 Å². The summed E-state index contributed by atoms with van der Waals surface area (Å²) >= 11 is 0. The van der Waals surface area contributed by atoms with Crippen molar-refractivity contribution in [1.29, 1.82) is 0 Å². The van der Waals surface area contributed by atoms with Gasteiger partial charge in [-0.15, -0.1) is 5.10 Å². The van der Waals surface area contributed by atoms with Gasteiger partial charge in [-0.05, 0) is 37.6 Å². The average Bonchev–Trinajstić information content (AvgIpc) is 3.54. The summed E-state index contributed by atoms with van der Waals surface area (Å²) in [6.07, 6.45) is 3.59. The smallest absolute Gasteiger partial charge is 0.310 e. The van der Waals surface area contributed by atoms with Crippen LogP contribution in [0.3, 0.4) is 0 Å². The highest BCUT2D eigenvalue weighted by Gasteiger charge is 2.16. The number of hydrogen-bond acceptors (Lipinski definition) is 8. The van der Waals surface area contributed by atoms with E-state index < -0.39 is 0 Å². The standard InChI is InChI=1S/C31H30N4O5/c1-3-37-29(36)16-26-19-35(18-23-10-6-4-7-11-23)34-31(26)39-20-24-14-15-28(32-17-24)38-21-27-22(2)40-30(33-27)25-12-8-5-9-13-25/h4-15,17,19H,3,16,18,20-21H2,1-2H3. The molecule has 0 saturated carbocycles. The number of aryl methyl sites for hydroxylation is 1. The Balaban J connectivity index is 1.20. The lowest BCUT2D eigenvalue weighted by Gasteiger charge is -2.07. The summed E-state index contributed by atoms with van der Waals surface area (Å²) in [5, 5.41) is 4.57. The predicted octanol–water partition coefficient (Wildman–Crippen LogP) is 5.55. The van der Waals surface area contributed by atoms with E-state index in [0.717, 1.165) is 16.7 Å². The van der Waals surface area contributed by atoms with Gasteiger partial charge in [0, 0.05) is 35.2 Å². The van der Waals surface area contributed by atoms with Crippen molar-refractivity contribution in [3.8, 4) is 23.2 Å². The lowest BCUT2D eigenvalue weighted by molar-refractivity contribution is -0.142. The summed E-state index contributed by atoms with van der Waals surface area (Å²) in [6, 6.07) is 23.4. The lowest BCUT2D eigenvalue weighted by Crippen LogP contribution is -2.08. The molecule has 2 aromatic carbocycles. The fraction of sp³-hybridized carbons (Fsp3) is 0.226. The first kappa shape index (κ1) is 26.7. The number of nitrogens with zero attached hydrogens (tertiary/aromatic N) is 4. The van der Waals surface area contributed by atoms with Crippen LogP contribution in [0.5, 0.6) is 11.8 Å². The second kappa shape index (κ2) is 12.8. The van der Waals surface area contributed by atoms with Gasteiger partial charge in [-0.25, -0.2) is 9.97 Å². The second-order valence-electron chi connectivity index (χ2n) is 9.09. The molecular formula is C31H30N4O5. The number of carbonyl (C=O) groups is 1. The van der Waals surface area contributed by atoms with E-state index in [1.807, 2.05) is 79.9 Å². The monoisotopic (exact) mass is 538 g/mol. The molecule has 0 amide bonds. The molecule has 0 aliphatic carbocycles. The van der Waals surface area contributed by atoms with Crippen LogP contribution in [-0.2, 0) is 35.7 Å². The van der Waals surface area contributed by atoms with Gasteiger partial charge in [-0.1, -0.05) is 48.5 Å². The minimum atomic E-state index is -0.326. The summed E-state index contributed by atoms with van der Waals surface area (Å²) in [6.45, 7) is 4.99. The SMILES string of the molecule is CCOC(=O)Cc1cn(Cc2ccccc2)nc1OCc1ccc(OCc2nc(-c3ccccc3)oc2C)nc1. The molecule has 9 nitrogen and oxygen atoms in total. The maximum Gasteiger partial charge on any atom is 0.310 e. The summed E-state index contributed by atoms with van der Waals surface area (Å²) in [4.78, 5) is 21.1. The maximum atomic E-state index is 12.2. The van der Waals surface area contributed by atoms with Crippen LogP contribution in [0.25, 0.3) is 11.5 Å². The van der Waals surface area contributed by atoms with Gasteiger partial charge >= 0.3 is 5.97 Å². The van der Waals surface area contributed by atoms with Crippen LogP contribution < -0.4 is 9.47 Å². The van der Waals surface area contributed by atoms with Crippen LogP contribution in [0, 0.1) is 6.92 Å². The summed E-state index contributed by atoms with van der Waals surface area (Å²) in [7, 11) is 0. The number of oxazole rings is 1. The van der Waals surface area contributed by atoms with E-state index in [1.165, 1.54) is 0 Å². The number of carbonyl (C=O) groups excluding carboxylic acids is 1. The zero-order chi connectivity index (χ0) is 27.7. The number of aromatic nitrogens is 4. The minimum absolute atomic E-state index is 0.0798. The normalized spacial score (nSPS) is 10.8. The van der Waals surface area contributed by atoms with E-state index in [-0.39, 0.29) is 25.6 Å². The molecule has 0 unspecified atom stereocenters. The van der Waals surface area contributed by atoms with Crippen LogP contribution in [0.15, 0.2) is 89.6 Å². The fourth-order valence-electron chi connectivity index (χ4n) is 4.05. The second-order valence-corrected chi connectivity index (χ2v) is 9.09. The van der Waals surface area contributed by atoms with Crippen molar-refractivity contribution >= 4 is 5.97 Å². The van der Waals surface area contributed by atoms with Crippen molar-refractivity contribution in [2.24, 2.45) is 0 Å². The Morgan fingerprint density at radius 2 is 1.70 bits per heavy atom. The van der Waals surface area contributed by atoms with E-state index in [4.69, 9.17) is 18.6 Å². The Labute approximate surface area is 232 Å². The molecule has 0 N–H and O–H groups in total. The Morgan fingerprint density at radius 1 is 0.925 bits per heavy atom. The molecule has 0 aliphatic rings. The number of benzene rings is 2. The highest BCUT2D eigenvalue weighted by molar-refractivity contribution is 5.73. The molecule has 0 radical (unpaired) electrons. The van der Waals surface area contributed by atoms with E-state index in [1.54, 1.807) is 23.9 Å². The van der Waals surface area contributed by atoms with Crippen molar-refractivity contribution < 1.29 is 23.4 Å². The Bertz CT molecular complexity index is 1530. The molecule has 3 heterocycles. The summed E-state index contributed by atoms with van der Waals surface area (Å²) in [5.41, 5.74) is 4.22. The van der Waals surface area contributed by atoms with E-state index >= 15 is 0 Å². The molecule has 5 rings (SSSR count). The Hall–Kier alpha value is -4.92. The van der Waals surface area contributed by atoms with Crippen LogP contribution in [0.4, 0.5) is 0 Å². The van der Waals surface area contributed by atoms with Crippen molar-refractivity contribution in [1.82, 2.24) is 19.7 Å². The highest BCUT2D eigenvalue weighted by Crippen LogP contribution is 2.23. The number of rotatable bonds is 12. The van der Waals surface area contributed by atoms with Crippen molar-refractivity contribution in [2.75, 3.05) is 6.61 Å². The third kappa shape index (κ3) is 6.93. The third-order valence-corrected chi connectivity index (χ3v) is 6.07. The van der Waals surface area contributed by atoms with Crippen LogP contribution in [0.1, 0.15) is 35.1 Å².